The number of nitrogens with zero attached hydrogens (tertiary/aromatic N) is 1. The average Bonchev–Trinajstić information content (AvgIpc) is 2.55. The van der Waals surface area contributed by atoms with E-state index in [1.807, 2.05) is 23.9 Å². The summed E-state index contributed by atoms with van der Waals surface area (Å²) in [6.07, 6.45) is 3.78. The zero-order chi connectivity index (χ0) is 11.7. The molecule has 94 valence electrons. The van der Waals surface area contributed by atoms with E-state index in [-0.39, 0.29) is 24.3 Å². The van der Waals surface area contributed by atoms with E-state index >= 15 is 0 Å². The smallest absolute Gasteiger partial charge is 0.123 e. The first-order valence-electron chi connectivity index (χ1n) is 5.61. The number of rotatable bonds is 3. The van der Waals surface area contributed by atoms with Gasteiger partial charge in [-0.25, -0.2) is 4.39 Å². The number of aryl methyl sites for hydroxylation is 1. The molecule has 0 aliphatic heterocycles. The summed E-state index contributed by atoms with van der Waals surface area (Å²) in [4.78, 5) is 0. The Kier molecular flexibility index (Phi) is 4.54. The maximum atomic E-state index is 13.2. The van der Waals surface area contributed by atoms with Crippen LogP contribution in [0.1, 0.15) is 18.9 Å². The molecule has 0 saturated heterocycles. The molecule has 1 atom stereocenters. The van der Waals surface area contributed by atoms with Crippen molar-refractivity contribution in [2.75, 3.05) is 0 Å². The molecule has 0 saturated carbocycles. The molecule has 2 aromatic rings. The van der Waals surface area contributed by atoms with Crippen molar-refractivity contribution in [3.63, 3.8) is 0 Å². The fourth-order valence-corrected chi connectivity index (χ4v) is 2.04. The highest BCUT2D eigenvalue weighted by Gasteiger charge is 2.10. The van der Waals surface area contributed by atoms with Gasteiger partial charge in [0.25, 0.3) is 0 Å². The van der Waals surface area contributed by atoms with Crippen LogP contribution in [0, 0.1) is 5.82 Å². The highest BCUT2D eigenvalue weighted by molar-refractivity contribution is 5.85. The molecule has 0 spiro atoms. The van der Waals surface area contributed by atoms with Crippen molar-refractivity contribution >= 4 is 23.3 Å². The van der Waals surface area contributed by atoms with E-state index in [1.165, 1.54) is 6.07 Å². The Morgan fingerprint density at radius 1 is 1.41 bits per heavy atom. The molecule has 0 amide bonds. The summed E-state index contributed by atoms with van der Waals surface area (Å²) in [7, 11) is 1.97. The zero-order valence-corrected chi connectivity index (χ0v) is 10.9. The van der Waals surface area contributed by atoms with Crippen LogP contribution in [0.3, 0.4) is 0 Å². The summed E-state index contributed by atoms with van der Waals surface area (Å²) in [5.41, 5.74) is 8.13. The Morgan fingerprint density at radius 3 is 2.76 bits per heavy atom. The molecule has 17 heavy (non-hydrogen) atoms. The van der Waals surface area contributed by atoms with Crippen LogP contribution >= 0.6 is 12.4 Å². The standard InChI is InChI=1S/C13H17FN2.ClH/c1-3-11(15)6-9-8-16(2)13-5-4-10(14)7-12(9)13;/h4-5,7-8,11H,3,6,15H2,1-2H3;1H. The number of nitrogens with two attached hydrogens (primary N) is 1. The van der Waals surface area contributed by atoms with Crippen molar-refractivity contribution in [3.8, 4) is 0 Å². The largest absolute Gasteiger partial charge is 0.350 e. The number of hydrogen-bond acceptors (Lipinski definition) is 1. The monoisotopic (exact) mass is 256 g/mol. The van der Waals surface area contributed by atoms with E-state index < -0.39 is 0 Å². The molecule has 0 aliphatic carbocycles. The second kappa shape index (κ2) is 5.52. The molecule has 0 bridgehead atoms. The molecule has 4 heteroatoms. The molecule has 0 radical (unpaired) electrons. The molecule has 0 aliphatic rings. The summed E-state index contributed by atoms with van der Waals surface area (Å²) in [6.45, 7) is 2.07. The van der Waals surface area contributed by atoms with Gasteiger partial charge in [-0.2, -0.15) is 0 Å². The molecular weight excluding hydrogens is 239 g/mol. The first-order chi connectivity index (χ1) is 7.61. The molecule has 1 aromatic heterocycles. The van der Waals surface area contributed by atoms with Crippen molar-refractivity contribution in [1.82, 2.24) is 4.57 Å². The molecule has 1 heterocycles. The normalized spacial score (nSPS) is 12.5. The Balaban J connectivity index is 0.00000144. The van der Waals surface area contributed by atoms with Gasteiger partial charge in [-0.15, -0.1) is 12.4 Å². The van der Waals surface area contributed by atoms with Crippen LogP contribution in [-0.2, 0) is 13.5 Å². The van der Waals surface area contributed by atoms with Gasteiger partial charge in [0.15, 0.2) is 0 Å². The first-order valence-corrected chi connectivity index (χ1v) is 5.61. The molecule has 1 unspecified atom stereocenters. The third-order valence-corrected chi connectivity index (χ3v) is 3.04. The summed E-state index contributed by atoms with van der Waals surface area (Å²) in [5.74, 6) is -0.190. The van der Waals surface area contributed by atoms with Crippen LogP contribution < -0.4 is 5.73 Å². The molecular formula is C13H18ClFN2. The quantitative estimate of drug-likeness (QED) is 0.899. The predicted molar refractivity (Wildman–Crippen MR) is 72.1 cm³/mol. The maximum Gasteiger partial charge on any atom is 0.123 e. The summed E-state index contributed by atoms with van der Waals surface area (Å²) < 4.78 is 15.2. The van der Waals surface area contributed by atoms with Gasteiger partial charge < -0.3 is 10.3 Å². The van der Waals surface area contributed by atoms with Crippen molar-refractivity contribution in [1.29, 1.82) is 0 Å². The third-order valence-electron chi connectivity index (χ3n) is 3.04. The van der Waals surface area contributed by atoms with Gasteiger partial charge in [0.05, 0.1) is 0 Å². The molecule has 0 fully saturated rings. The second-order valence-corrected chi connectivity index (χ2v) is 4.30. The minimum Gasteiger partial charge on any atom is -0.350 e. The van der Waals surface area contributed by atoms with E-state index in [1.54, 1.807) is 6.07 Å². The molecule has 2 rings (SSSR count). The van der Waals surface area contributed by atoms with Crippen LogP contribution in [-0.4, -0.2) is 10.6 Å². The Bertz CT molecular complexity index is 507. The van der Waals surface area contributed by atoms with E-state index in [0.717, 1.165) is 29.3 Å². The SMILES string of the molecule is CCC(N)Cc1cn(C)c2ccc(F)cc12.Cl. The molecule has 2 N–H and O–H groups in total. The fourth-order valence-electron chi connectivity index (χ4n) is 2.04. The topological polar surface area (TPSA) is 30.9 Å². The number of aromatic nitrogens is 1. The summed E-state index contributed by atoms with van der Waals surface area (Å²) in [5, 5.41) is 0.978. The van der Waals surface area contributed by atoms with Gasteiger partial charge in [0, 0.05) is 30.2 Å². The van der Waals surface area contributed by atoms with E-state index in [9.17, 15) is 4.39 Å². The number of halogens is 2. The lowest BCUT2D eigenvalue weighted by Gasteiger charge is -2.06. The van der Waals surface area contributed by atoms with Crippen LogP contribution in [0.5, 0.6) is 0 Å². The van der Waals surface area contributed by atoms with Gasteiger partial charge in [0.2, 0.25) is 0 Å². The Labute approximate surface area is 107 Å². The molecule has 1 aromatic carbocycles. The summed E-state index contributed by atoms with van der Waals surface area (Å²) >= 11 is 0. The highest BCUT2D eigenvalue weighted by Crippen LogP contribution is 2.22. The van der Waals surface area contributed by atoms with Gasteiger partial charge >= 0.3 is 0 Å². The Morgan fingerprint density at radius 2 is 2.12 bits per heavy atom. The lowest BCUT2D eigenvalue weighted by atomic mass is 10.0. The fraction of sp³-hybridized carbons (Fsp3) is 0.385. The van der Waals surface area contributed by atoms with Crippen molar-refractivity contribution in [2.45, 2.75) is 25.8 Å². The van der Waals surface area contributed by atoms with Crippen LogP contribution in [0.4, 0.5) is 4.39 Å². The van der Waals surface area contributed by atoms with Crippen molar-refractivity contribution < 1.29 is 4.39 Å². The van der Waals surface area contributed by atoms with Crippen molar-refractivity contribution in [2.24, 2.45) is 12.8 Å². The molecule has 2 nitrogen and oxygen atoms in total. The lowest BCUT2D eigenvalue weighted by Crippen LogP contribution is -2.21. The Hall–Kier alpha value is -1.06. The number of fused-ring (bicyclic) bond motifs is 1. The van der Waals surface area contributed by atoms with Crippen LogP contribution in [0.15, 0.2) is 24.4 Å². The zero-order valence-electron chi connectivity index (χ0n) is 10.1. The van der Waals surface area contributed by atoms with Gasteiger partial charge in [0.1, 0.15) is 5.82 Å². The number of benzene rings is 1. The van der Waals surface area contributed by atoms with Gasteiger partial charge in [-0.3, -0.25) is 0 Å². The second-order valence-electron chi connectivity index (χ2n) is 4.30. The van der Waals surface area contributed by atoms with E-state index in [0.29, 0.717) is 0 Å². The van der Waals surface area contributed by atoms with Crippen LogP contribution in [0.25, 0.3) is 10.9 Å². The van der Waals surface area contributed by atoms with E-state index in [2.05, 4.69) is 6.92 Å². The highest BCUT2D eigenvalue weighted by atomic mass is 35.5. The first kappa shape index (κ1) is 14.0. The minimum absolute atomic E-state index is 0. The van der Waals surface area contributed by atoms with Crippen LogP contribution in [0.2, 0.25) is 0 Å². The minimum atomic E-state index is -0.190. The lowest BCUT2D eigenvalue weighted by molar-refractivity contribution is 0.628. The summed E-state index contributed by atoms with van der Waals surface area (Å²) in [6, 6.07) is 5.04. The van der Waals surface area contributed by atoms with Gasteiger partial charge in [-0.05, 0) is 36.6 Å². The third kappa shape index (κ3) is 2.79. The average molecular weight is 257 g/mol. The maximum absolute atomic E-state index is 13.2. The van der Waals surface area contributed by atoms with E-state index in [4.69, 9.17) is 5.73 Å². The number of hydrogen-bond donors (Lipinski definition) is 1. The predicted octanol–water partition coefficient (Wildman–Crippen LogP) is 3.02. The van der Waals surface area contributed by atoms with Gasteiger partial charge in [-0.1, -0.05) is 6.92 Å². The van der Waals surface area contributed by atoms with Crippen molar-refractivity contribution in [3.05, 3.63) is 35.8 Å².